The lowest BCUT2D eigenvalue weighted by molar-refractivity contribution is -0.0597. The molecule has 0 aliphatic heterocycles. The van der Waals surface area contributed by atoms with E-state index in [0.717, 1.165) is 18.1 Å². The first kappa shape index (κ1) is 17.4. The molecule has 2 aliphatic rings. The Bertz CT molecular complexity index is 1040. The third-order valence-corrected chi connectivity index (χ3v) is 5.72. The summed E-state index contributed by atoms with van der Waals surface area (Å²) in [6.45, 7) is -0.0703. The van der Waals surface area contributed by atoms with Gasteiger partial charge in [0.1, 0.15) is 6.33 Å². The second-order valence-corrected chi connectivity index (χ2v) is 7.43. The lowest BCUT2D eigenvalue weighted by Crippen LogP contribution is -2.45. The van der Waals surface area contributed by atoms with Crippen LogP contribution in [0.5, 0.6) is 0 Å². The van der Waals surface area contributed by atoms with Crippen molar-refractivity contribution in [3.8, 4) is 0 Å². The van der Waals surface area contributed by atoms with E-state index in [-0.39, 0.29) is 30.5 Å². The molecule has 5 atom stereocenters. The van der Waals surface area contributed by atoms with Crippen LogP contribution < -0.4 is 5.32 Å². The summed E-state index contributed by atoms with van der Waals surface area (Å²) in [5.74, 6) is -1.29. The molecular formula is C18H18F2N6O2. The van der Waals surface area contributed by atoms with Crippen LogP contribution in [0.2, 0.25) is 0 Å². The summed E-state index contributed by atoms with van der Waals surface area (Å²) in [6, 6.07) is 3.70. The molecule has 0 spiro atoms. The van der Waals surface area contributed by atoms with Gasteiger partial charge in [-0.1, -0.05) is 11.3 Å². The van der Waals surface area contributed by atoms with E-state index in [9.17, 15) is 19.0 Å². The highest BCUT2D eigenvalue weighted by Crippen LogP contribution is 2.44. The molecule has 5 rings (SSSR count). The Hall–Kier alpha value is -2.72. The molecule has 1 aromatic carbocycles. The number of nitrogens with zero attached hydrogens (tertiary/aromatic N) is 5. The molecule has 10 heteroatoms. The van der Waals surface area contributed by atoms with Crippen molar-refractivity contribution >= 4 is 17.0 Å². The summed E-state index contributed by atoms with van der Waals surface area (Å²) in [7, 11) is 0. The highest BCUT2D eigenvalue weighted by atomic mass is 19.2. The Balaban J connectivity index is 1.35. The minimum absolute atomic E-state index is 0.0289. The molecule has 0 radical (unpaired) electrons. The number of fused-ring (bicyclic) bond motifs is 1. The van der Waals surface area contributed by atoms with Crippen LogP contribution in [-0.2, 0) is 0 Å². The van der Waals surface area contributed by atoms with Gasteiger partial charge < -0.3 is 15.5 Å². The molecule has 0 amide bonds. The Labute approximate surface area is 158 Å². The summed E-state index contributed by atoms with van der Waals surface area (Å²) in [5, 5.41) is 30.9. The van der Waals surface area contributed by atoms with E-state index in [2.05, 4.69) is 25.6 Å². The van der Waals surface area contributed by atoms with E-state index < -0.39 is 17.7 Å². The molecule has 2 aromatic heterocycles. The van der Waals surface area contributed by atoms with Crippen LogP contribution in [0.25, 0.3) is 11.2 Å². The molecule has 2 aliphatic carbocycles. The zero-order valence-corrected chi connectivity index (χ0v) is 14.7. The number of rotatable bonds is 5. The Kier molecular flexibility index (Phi) is 3.98. The third-order valence-electron chi connectivity index (χ3n) is 5.72. The van der Waals surface area contributed by atoms with E-state index in [0.29, 0.717) is 23.4 Å². The summed E-state index contributed by atoms with van der Waals surface area (Å²) in [5.41, 5.74) is 1.72. The highest BCUT2D eigenvalue weighted by molar-refractivity contribution is 5.82. The van der Waals surface area contributed by atoms with Crippen LogP contribution in [0, 0.1) is 17.6 Å². The van der Waals surface area contributed by atoms with Crippen LogP contribution in [-0.4, -0.2) is 53.9 Å². The number of halogens is 2. The van der Waals surface area contributed by atoms with E-state index in [1.54, 1.807) is 10.7 Å². The van der Waals surface area contributed by atoms with Gasteiger partial charge >= 0.3 is 0 Å². The van der Waals surface area contributed by atoms with Crippen LogP contribution >= 0.6 is 0 Å². The number of aliphatic hydroxyl groups is 2. The second kappa shape index (κ2) is 6.42. The van der Waals surface area contributed by atoms with Crippen molar-refractivity contribution in [2.75, 3.05) is 11.9 Å². The maximum absolute atomic E-state index is 13.5. The second-order valence-electron chi connectivity index (χ2n) is 7.43. The van der Waals surface area contributed by atoms with Gasteiger partial charge in [0.05, 0.1) is 12.1 Å². The molecule has 0 saturated heterocycles. The van der Waals surface area contributed by atoms with Gasteiger partial charge in [-0.05, 0) is 30.5 Å². The molecular weight excluding hydrogens is 370 g/mol. The molecule has 3 aromatic rings. The molecule has 3 N–H and O–H groups in total. The average molecular weight is 388 g/mol. The number of benzene rings is 1. The minimum Gasteiger partial charge on any atom is -0.396 e. The molecule has 0 bridgehead atoms. The van der Waals surface area contributed by atoms with Gasteiger partial charge in [-0.15, -0.1) is 5.10 Å². The molecule has 28 heavy (non-hydrogen) atoms. The van der Waals surface area contributed by atoms with Crippen LogP contribution in [0.15, 0.2) is 24.5 Å². The van der Waals surface area contributed by atoms with Gasteiger partial charge in [-0.3, -0.25) is 0 Å². The van der Waals surface area contributed by atoms with Crippen molar-refractivity contribution in [3.05, 3.63) is 41.7 Å². The SMILES string of the molecule is OCC1CC(n2nnc3c(N[C@@H]4C[C@H]4c4ccc(F)c(F)c4)ncnc32)C1O. The van der Waals surface area contributed by atoms with Crippen molar-refractivity contribution in [1.29, 1.82) is 0 Å². The van der Waals surface area contributed by atoms with Crippen LogP contribution in [0.3, 0.4) is 0 Å². The Morgan fingerprint density at radius 1 is 1.18 bits per heavy atom. The fourth-order valence-electron chi connectivity index (χ4n) is 3.87. The van der Waals surface area contributed by atoms with Crippen LogP contribution in [0.1, 0.15) is 30.4 Å². The number of hydrogen-bond donors (Lipinski definition) is 3. The minimum atomic E-state index is -0.857. The van der Waals surface area contributed by atoms with Gasteiger partial charge in [0, 0.05) is 24.5 Å². The molecule has 2 saturated carbocycles. The first-order valence-corrected chi connectivity index (χ1v) is 9.13. The van der Waals surface area contributed by atoms with E-state index in [1.165, 1.54) is 12.4 Å². The van der Waals surface area contributed by atoms with Gasteiger partial charge in [-0.2, -0.15) is 0 Å². The zero-order valence-electron chi connectivity index (χ0n) is 14.7. The molecule has 8 nitrogen and oxygen atoms in total. The van der Waals surface area contributed by atoms with Crippen molar-refractivity contribution in [2.24, 2.45) is 5.92 Å². The lowest BCUT2D eigenvalue weighted by Gasteiger charge is -2.39. The summed E-state index contributed by atoms with van der Waals surface area (Å²) in [6.07, 6.45) is 2.07. The van der Waals surface area contributed by atoms with Gasteiger partial charge in [0.25, 0.3) is 0 Å². The average Bonchev–Trinajstić information content (AvgIpc) is 3.33. The largest absolute Gasteiger partial charge is 0.396 e. The highest BCUT2D eigenvalue weighted by Gasteiger charge is 2.43. The number of aromatic nitrogens is 5. The maximum Gasteiger partial charge on any atom is 0.184 e. The number of hydrogen-bond acceptors (Lipinski definition) is 7. The van der Waals surface area contributed by atoms with E-state index in [4.69, 9.17) is 0 Å². The molecule has 3 unspecified atom stereocenters. The maximum atomic E-state index is 13.5. The monoisotopic (exact) mass is 388 g/mol. The van der Waals surface area contributed by atoms with Gasteiger partial charge in [-0.25, -0.2) is 23.4 Å². The summed E-state index contributed by atoms with van der Waals surface area (Å²) < 4.78 is 28.1. The molecule has 2 fully saturated rings. The van der Waals surface area contributed by atoms with Crippen molar-refractivity contribution in [2.45, 2.75) is 36.9 Å². The van der Waals surface area contributed by atoms with Crippen molar-refractivity contribution in [3.63, 3.8) is 0 Å². The quantitative estimate of drug-likeness (QED) is 0.606. The topological polar surface area (TPSA) is 109 Å². The lowest BCUT2D eigenvalue weighted by atomic mass is 9.77. The fourth-order valence-corrected chi connectivity index (χ4v) is 3.87. The first-order chi connectivity index (χ1) is 13.6. The molecule has 146 valence electrons. The predicted octanol–water partition coefficient (Wildman–Crippen LogP) is 1.38. The third kappa shape index (κ3) is 2.71. The van der Waals surface area contributed by atoms with Crippen LogP contribution in [0.4, 0.5) is 14.6 Å². The molecule has 2 heterocycles. The number of anilines is 1. The zero-order chi connectivity index (χ0) is 19.4. The predicted molar refractivity (Wildman–Crippen MR) is 94.5 cm³/mol. The van der Waals surface area contributed by atoms with E-state index in [1.807, 2.05) is 0 Å². The standard InChI is InChI=1S/C18H18F2N6O2/c19-11-2-1-8(3-12(11)20)10-5-13(10)23-17-15-18(22-7-21-17)26(25-24-15)14-4-9(6-27)16(14)28/h1-3,7,9-10,13-14,16,27-28H,4-6H2,(H,21,22,23)/t9?,10-,13+,14?,16?/m0/s1. The Morgan fingerprint density at radius 3 is 2.79 bits per heavy atom. The number of nitrogens with one attached hydrogen (secondary N) is 1. The smallest absolute Gasteiger partial charge is 0.184 e. The van der Waals surface area contributed by atoms with Crippen molar-refractivity contribution in [1.82, 2.24) is 25.0 Å². The van der Waals surface area contributed by atoms with Gasteiger partial charge in [0.2, 0.25) is 0 Å². The normalized spacial score (nSPS) is 28.9. The Morgan fingerprint density at radius 2 is 2.04 bits per heavy atom. The fraction of sp³-hybridized carbons (Fsp3) is 0.444. The van der Waals surface area contributed by atoms with Gasteiger partial charge in [0.15, 0.2) is 28.6 Å². The number of aliphatic hydroxyl groups excluding tert-OH is 2. The summed E-state index contributed by atoms with van der Waals surface area (Å²) >= 11 is 0. The van der Waals surface area contributed by atoms with E-state index >= 15 is 0 Å². The summed E-state index contributed by atoms with van der Waals surface area (Å²) in [4.78, 5) is 8.48. The van der Waals surface area contributed by atoms with Crippen molar-refractivity contribution < 1.29 is 19.0 Å². The first-order valence-electron chi connectivity index (χ1n) is 9.13.